The highest BCUT2D eigenvalue weighted by Gasteiger charge is 2.36. The van der Waals surface area contributed by atoms with Crippen LogP contribution in [0.25, 0.3) is 0 Å². The Morgan fingerprint density at radius 3 is 2.29 bits per heavy atom. The van der Waals surface area contributed by atoms with Gasteiger partial charge in [-0.2, -0.15) is 13.2 Å². The van der Waals surface area contributed by atoms with E-state index in [1.165, 1.54) is 7.11 Å². The molecule has 3 rings (SSSR count). The maximum Gasteiger partial charge on any atom is 0.416 e. The zero-order valence-electron chi connectivity index (χ0n) is 20.6. The number of rotatable bonds is 9. The first-order chi connectivity index (χ1) is 16.6. The van der Waals surface area contributed by atoms with E-state index in [-0.39, 0.29) is 24.0 Å². The fourth-order valence-electron chi connectivity index (χ4n) is 4.97. The molecule has 0 N–H and O–H groups in total. The molecule has 2 aromatic rings. The Morgan fingerprint density at radius 1 is 1.09 bits per heavy atom. The van der Waals surface area contributed by atoms with E-state index in [2.05, 4.69) is 18.7 Å². The first kappa shape index (κ1) is 26.9. The second kappa shape index (κ2) is 11.8. The molecule has 2 aromatic carbocycles. The number of piperidine rings is 1. The molecule has 0 saturated carbocycles. The van der Waals surface area contributed by atoms with Crippen molar-refractivity contribution in [3.63, 3.8) is 0 Å². The Kier molecular flexibility index (Phi) is 9.11. The van der Waals surface area contributed by atoms with Crippen molar-refractivity contribution in [1.29, 1.82) is 0 Å². The normalized spacial score (nSPS) is 20.0. The number of benzene rings is 2. The molecule has 1 fully saturated rings. The Hall–Kier alpha value is -2.67. The number of carbonyl (C=O) groups excluding carboxylic acids is 2. The number of esters is 1. The third-order valence-corrected chi connectivity index (χ3v) is 6.93. The summed E-state index contributed by atoms with van der Waals surface area (Å²) in [4.78, 5) is 25.5. The second-order valence-electron chi connectivity index (χ2n) is 9.82. The fourth-order valence-corrected chi connectivity index (χ4v) is 4.97. The molecule has 4 nitrogen and oxygen atoms in total. The van der Waals surface area contributed by atoms with Crippen LogP contribution in [0.2, 0.25) is 0 Å². The standard InChI is InChI=1S/C28H34F3NO3/c1-19(2)4-13-25(22-7-5-20(18-33)6-8-22)32-15-14-21(17-27(34)35-3)16-26(32)23-9-11-24(12-10-23)28(29,30)31/h5-12,18-19,21,25-26H,4,13-17H2,1-3H3/t21-,25-,26+/m1/s1. The van der Waals surface area contributed by atoms with Gasteiger partial charge in [0.2, 0.25) is 0 Å². The van der Waals surface area contributed by atoms with Crippen molar-refractivity contribution in [3.8, 4) is 0 Å². The monoisotopic (exact) mass is 489 g/mol. The predicted octanol–water partition coefficient (Wildman–Crippen LogP) is 7.01. The summed E-state index contributed by atoms with van der Waals surface area (Å²) in [6.07, 6.45) is 0.0570. The Balaban J connectivity index is 1.97. The van der Waals surface area contributed by atoms with Crippen molar-refractivity contribution in [2.45, 2.75) is 64.2 Å². The van der Waals surface area contributed by atoms with Gasteiger partial charge in [0.1, 0.15) is 6.29 Å². The van der Waals surface area contributed by atoms with Gasteiger partial charge in [0, 0.05) is 24.1 Å². The number of hydrogen-bond donors (Lipinski definition) is 0. The highest BCUT2D eigenvalue weighted by atomic mass is 19.4. The van der Waals surface area contributed by atoms with Crippen LogP contribution >= 0.6 is 0 Å². The lowest BCUT2D eigenvalue weighted by Crippen LogP contribution is -2.40. The average molecular weight is 490 g/mol. The molecule has 0 radical (unpaired) electrons. The highest BCUT2D eigenvalue weighted by molar-refractivity contribution is 5.74. The molecule has 1 aliphatic rings. The summed E-state index contributed by atoms with van der Waals surface area (Å²) < 4.78 is 44.4. The van der Waals surface area contributed by atoms with E-state index < -0.39 is 11.7 Å². The van der Waals surface area contributed by atoms with Gasteiger partial charge in [0.15, 0.2) is 0 Å². The SMILES string of the molecule is COC(=O)C[C@@H]1CCN([C@H](CCC(C)C)c2ccc(C=O)cc2)[C@H](c2ccc(C(F)(F)F)cc2)C1. The van der Waals surface area contributed by atoms with Crippen LogP contribution in [-0.2, 0) is 15.7 Å². The molecular weight excluding hydrogens is 455 g/mol. The zero-order valence-corrected chi connectivity index (χ0v) is 20.6. The van der Waals surface area contributed by atoms with Crippen molar-refractivity contribution >= 4 is 12.3 Å². The van der Waals surface area contributed by atoms with Gasteiger partial charge < -0.3 is 4.74 Å². The summed E-state index contributed by atoms with van der Waals surface area (Å²) in [6.45, 7) is 5.05. The number of nitrogens with zero attached hydrogens (tertiary/aromatic N) is 1. The van der Waals surface area contributed by atoms with Crippen molar-refractivity contribution in [3.05, 3.63) is 70.8 Å². The summed E-state index contributed by atoms with van der Waals surface area (Å²) in [5.41, 5.74) is 1.83. The quantitative estimate of drug-likeness (QED) is 0.281. The molecule has 35 heavy (non-hydrogen) atoms. The molecule has 1 heterocycles. The smallest absolute Gasteiger partial charge is 0.416 e. The van der Waals surface area contributed by atoms with E-state index in [0.717, 1.165) is 48.8 Å². The zero-order chi connectivity index (χ0) is 25.6. The van der Waals surface area contributed by atoms with Crippen LogP contribution in [0.5, 0.6) is 0 Å². The number of aldehydes is 1. The van der Waals surface area contributed by atoms with E-state index in [1.54, 1.807) is 12.1 Å². The molecule has 0 aromatic heterocycles. The topological polar surface area (TPSA) is 46.6 Å². The van der Waals surface area contributed by atoms with Gasteiger partial charge >= 0.3 is 12.1 Å². The van der Waals surface area contributed by atoms with E-state index in [9.17, 15) is 22.8 Å². The van der Waals surface area contributed by atoms with Crippen molar-refractivity contribution < 1.29 is 27.5 Å². The number of likely N-dealkylation sites (tertiary alicyclic amines) is 1. The molecule has 0 amide bonds. The van der Waals surface area contributed by atoms with Crippen LogP contribution < -0.4 is 0 Å². The largest absolute Gasteiger partial charge is 0.469 e. The van der Waals surface area contributed by atoms with Crippen molar-refractivity contribution in [1.82, 2.24) is 4.90 Å². The van der Waals surface area contributed by atoms with Gasteiger partial charge in [-0.25, -0.2) is 0 Å². The number of hydrogen-bond acceptors (Lipinski definition) is 4. The first-order valence-electron chi connectivity index (χ1n) is 12.2. The molecular formula is C28H34F3NO3. The number of ether oxygens (including phenoxy) is 1. The molecule has 0 unspecified atom stereocenters. The number of carbonyl (C=O) groups is 2. The van der Waals surface area contributed by atoms with Gasteiger partial charge in [-0.05, 0) is 67.3 Å². The van der Waals surface area contributed by atoms with Gasteiger partial charge in [-0.1, -0.05) is 50.2 Å². The predicted molar refractivity (Wildman–Crippen MR) is 129 cm³/mol. The minimum Gasteiger partial charge on any atom is -0.469 e. The lowest BCUT2D eigenvalue weighted by Gasteiger charge is -2.44. The molecule has 190 valence electrons. The van der Waals surface area contributed by atoms with Gasteiger partial charge in [0.25, 0.3) is 0 Å². The summed E-state index contributed by atoms with van der Waals surface area (Å²) in [5, 5.41) is 0. The third-order valence-electron chi connectivity index (χ3n) is 6.93. The Bertz CT molecular complexity index is 970. The molecule has 3 atom stereocenters. The van der Waals surface area contributed by atoms with Gasteiger partial charge in [-0.3, -0.25) is 14.5 Å². The van der Waals surface area contributed by atoms with E-state index in [4.69, 9.17) is 4.74 Å². The molecule has 0 aliphatic carbocycles. The third kappa shape index (κ3) is 7.17. The Morgan fingerprint density at radius 2 is 1.74 bits per heavy atom. The van der Waals surface area contributed by atoms with E-state index >= 15 is 0 Å². The van der Waals surface area contributed by atoms with Gasteiger partial charge in [0.05, 0.1) is 12.7 Å². The number of methoxy groups -OCH3 is 1. The molecule has 0 bridgehead atoms. The second-order valence-corrected chi connectivity index (χ2v) is 9.82. The molecule has 1 aliphatic heterocycles. The minimum atomic E-state index is -4.39. The number of halogens is 3. The number of alkyl halides is 3. The summed E-state index contributed by atoms with van der Waals surface area (Å²) in [6, 6.07) is 12.9. The molecule has 0 spiro atoms. The van der Waals surface area contributed by atoms with Crippen LogP contribution in [0, 0.1) is 11.8 Å². The Labute approximate surface area is 205 Å². The van der Waals surface area contributed by atoms with Crippen LogP contribution in [0.15, 0.2) is 48.5 Å². The first-order valence-corrected chi connectivity index (χ1v) is 12.2. The molecule has 7 heteroatoms. The lowest BCUT2D eigenvalue weighted by molar-refractivity contribution is -0.142. The van der Waals surface area contributed by atoms with Crippen LogP contribution in [0.3, 0.4) is 0 Å². The van der Waals surface area contributed by atoms with Crippen LogP contribution in [0.4, 0.5) is 13.2 Å². The summed E-state index contributed by atoms with van der Waals surface area (Å²) >= 11 is 0. The summed E-state index contributed by atoms with van der Waals surface area (Å²) in [7, 11) is 1.37. The maximum absolute atomic E-state index is 13.2. The van der Waals surface area contributed by atoms with E-state index in [0.29, 0.717) is 30.9 Å². The maximum atomic E-state index is 13.2. The van der Waals surface area contributed by atoms with Crippen molar-refractivity contribution in [2.24, 2.45) is 11.8 Å². The average Bonchev–Trinajstić information content (AvgIpc) is 2.84. The highest BCUT2D eigenvalue weighted by Crippen LogP contribution is 2.43. The minimum absolute atomic E-state index is 0.0458. The molecule has 1 saturated heterocycles. The van der Waals surface area contributed by atoms with Gasteiger partial charge in [-0.15, -0.1) is 0 Å². The van der Waals surface area contributed by atoms with Crippen LogP contribution in [-0.4, -0.2) is 30.8 Å². The van der Waals surface area contributed by atoms with Crippen molar-refractivity contribution in [2.75, 3.05) is 13.7 Å². The van der Waals surface area contributed by atoms with E-state index in [1.807, 2.05) is 24.3 Å². The lowest BCUT2D eigenvalue weighted by atomic mass is 9.82. The summed E-state index contributed by atoms with van der Waals surface area (Å²) in [5.74, 6) is 0.317. The van der Waals surface area contributed by atoms with Crippen LogP contribution in [0.1, 0.15) is 85.1 Å². The fraction of sp³-hybridized carbons (Fsp3) is 0.500.